The van der Waals surface area contributed by atoms with E-state index in [1.807, 2.05) is 0 Å². The normalized spacial score (nSPS) is 16.1. The topological polar surface area (TPSA) is 66.4 Å². The summed E-state index contributed by atoms with van der Waals surface area (Å²) in [6.45, 7) is 0. The summed E-state index contributed by atoms with van der Waals surface area (Å²) in [4.78, 5) is 23.0. The second kappa shape index (κ2) is 5.82. The fraction of sp³-hybridized carbons (Fsp3) is 0.429. The van der Waals surface area contributed by atoms with E-state index in [-0.39, 0.29) is 23.1 Å². The minimum Gasteiger partial charge on any atom is -0.478 e. The van der Waals surface area contributed by atoms with Gasteiger partial charge in [0, 0.05) is 5.92 Å². The van der Waals surface area contributed by atoms with Crippen LogP contribution < -0.4 is 5.32 Å². The third kappa shape index (κ3) is 3.30. The van der Waals surface area contributed by atoms with Crippen LogP contribution in [0.5, 0.6) is 0 Å². The quantitative estimate of drug-likeness (QED) is 0.882. The van der Waals surface area contributed by atoms with Gasteiger partial charge >= 0.3 is 5.97 Å². The fourth-order valence-corrected chi connectivity index (χ4v) is 2.41. The van der Waals surface area contributed by atoms with Gasteiger partial charge in [-0.1, -0.05) is 19.3 Å². The zero-order chi connectivity index (χ0) is 13.8. The van der Waals surface area contributed by atoms with E-state index in [0.29, 0.717) is 0 Å². The maximum Gasteiger partial charge on any atom is 0.337 e. The molecule has 1 amide bonds. The van der Waals surface area contributed by atoms with Crippen molar-refractivity contribution in [1.82, 2.24) is 0 Å². The van der Waals surface area contributed by atoms with Crippen molar-refractivity contribution in [1.29, 1.82) is 0 Å². The van der Waals surface area contributed by atoms with E-state index < -0.39 is 11.8 Å². The highest BCUT2D eigenvalue weighted by atomic mass is 19.1. The van der Waals surface area contributed by atoms with Crippen LogP contribution in [-0.4, -0.2) is 17.0 Å². The summed E-state index contributed by atoms with van der Waals surface area (Å²) in [5.41, 5.74) is -0.0615. The van der Waals surface area contributed by atoms with Crippen LogP contribution in [0.3, 0.4) is 0 Å². The Kier molecular flexibility index (Phi) is 4.14. The molecule has 0 bridgehead atoms. The monoisotopic (exact) mass is 265 g/mol. The number of hydrogen-bond donors (Lipinski definition) is 2. The van der Waals surface area contributed by atoms with Crippen molar-refractivity contribution in [2.45, 2.75) is 32.1 Å². The number of amides is 1. The molecule has 2 N–H and O–H groups in total. The number of hydrogen-bond acceptors (Lipinski definition) is 2. The highest BCUT2D eigenvalue weighted by molar-refractivity contribution is 6.01. The minimum absolute atomic E-state index is 0.0306. The second-order valence-corrected chi connectivity index (χ2v) is 4.82. The van der Waals surface area contributed by atoms with Crippen LogP contribution in [-0.2, 0) is 4.79 Å². The smallest absolute Gasteiger partial charge is 0.337 e. The molecule has 1 fully saturated rings. The van der Waals surface area contributed by atoms with Gasteiger partial charge in [-0.2, -0.15) is 0 Å². The van der Waals surface area contributed by atoms with Crippen molar-refractivity contribution < 1.29 is 19.1 Å². The van der Waals surface area contributed by atoms with Crippen molar-refractivity contribution in [3.8, 4) is 0 Å². The maximum atomic E-state index is 13.2. The van der Waals surface area contributed by atoms with Gasteiger partial charge in [0.25, 0.3) is 0 Å². The van der Waals surface area contributed by atoms with Crippen LogP contribution in [0.15, 0.2) is 18.2 Å². The molecule has 0 radical (unpaired) electrons. The first-order chi connectivity index (χ1) is 9.08. The first-order valence-corrected chi connectivity index (χ1v) is 6.41. The van der Waals surface area contributed by atoms with E-state index in [1.54, 1.807) is 0 Å². The van der Waals surface area contributed by atoms with Gasteiger partial charge in [-0.15, -0.1) is 0 Å². The van der Waals surface area contributed by atoms with E-state index in [0.717, 1.165) is 50.3 Å². The average Bonchev–Trinajstić information content (AvgIpc) is 2.39. The number of nitrogens with one attached hydrogen (secondary N) is 1. The van der Waals surface area contributed by atoms with Gasteiger partial charge in [0.15, 0.2) is 0 Å². The lowest BCUT2D eigenvalue weighted by atomic mass is 9.88. The van der Waals surface area contributed by atoms with Crippen LogP contribution in [0.1, 0.15) is 42.5 Å². The average molecular weight is 265 g/mol. The highest BCUT2D eigenvalue weighted by Crippen LogP contribution is 2.26. The Balaban J connectivity index is 2.15. The Bertz CT molecular complexity index is 495. The van der Waals surface area contributed by atoms with E-state index >= 15 is 0 Å². The maximum absolute atomic E-state index is 13.2. The van der Waals surface area contributed by atoms with E-state index in [1.165, 1.54) is 0 Å². The summed E-state index contributed by atoms with van der Waals surface area (Å²) in [5.74, 6) is -2.06. The standard InChI is InChI=1S/C14H16FNO3/c15-10-6-7-11(14(18)19)12(8-10)16-13(17)9-4-2-1-3-5-9/h6-9H,1-5H2,(H,16,17)(H,18,19). The first-order valence-electron chi connectivity index (χ1n) is 6.41. The minimum atomic E-state index is -1.18. The third-order valence-electron chi connectivity index (χ3n) is 3.45. The summed E-state index contributed by atoms with van der Waals surface area (Å²) in [6, 6.07) is 3.28. The fourth-order valence-electron chi connectivity index (χ4n) is 2.41. The SMILES string of the molecule is O=C(O)c1ccc(F)cc1NC(=O)C1CCCCC1. The van der Waals surface area contributed by atoms with E-state index in [4.69, 9.17) is 5.11 Å². The lowest BCUT2D eigenvalue weighted by Crippen LogP contribution is -2.25. The molecule has 2 rings (SSSR count). The number of carbonyl (C=O) groups is 2. The van der Waals surface area contributed by atoms with E-state index in [9.17, 15) is 14.0 Å². The molecule has 1 aromatic rings. The zero-order valence-electron chi connectivity index (χ0n) is 10.5. The summed E-state index contributed by atoms with van der Waals surface area (Å²) in [6.07, 6.45) is 4.76. The predicted octanol–water partition coefficient (Wildman–Crippen LogP) is 3.04. The second-order valence-electron chi connectivity index (χ2n) is 4.82. The molecule has 0 atom stereocenters. The number of anilines is 1. The lowest BCUT2D eigenvalue weighted by Gasteiger charge is -2.21. The number of carbonyl (C=O) groups excluding carboxylic acids is 1. The van der Waals surface area contributed by atoms with Crippen LogP contribution in [0.4, 0.5) is 10.1 Å². The molecule has 0 heterocycles. The Labute approximate surface area is 110 Å². The summed E-state index contributed by atoms with van der Waals surface area (Å²) >= 11 is 0. The first kappa shape index (κ1) is 13.5. The largest absolute Gasteiger partial charge is 0.478 e. The van der Waals surface area contributed by atoms with Crippen molar-refractivity contribution in [3.63, 3.8) is 0 Å². The predicted molar refractivity (Wildman–Crippen MR) is 68.6 cm³/mol. The Morgan fingerprint density at radius 1 is 1.21 bits per heavy atom. The molecule has 19 heavy (non-hydrogen) atoms. The van der Waals surface area contributed by atoms with E-state index in [2.05, 4.69) is 5.32 Å². The molecule has 5 heteroatoms. The van der Waals surface area contributed by atoms with Gasteiger partial charge in [-0.25, -0.2) is 9.18 Å². The van der Waals surface area contributed by atoms with Crippen LogP contribution in [0, 0.1) is 11.7 Å². The van der Waals surface area contributed by atoms with Crippen molar-refractivity contribution in [2.75, 3.05) is 5.32 Å². The summed E-state index contributed by atoms with van der Waals surface area (Å²) in [7, 11) is 0. The number of halogens is 1. The van der Waals surface area contributed by atoms with Crippen LogP contribution in [0.25, 0.3) is 0 Å². The molecular weight excluding hydrogens is 249 g/mol. The molecule has 0 aliphatic heterocycles. The molecule has 1 aromatic carbocycles. The number of carboxylic acids is 1. The Morgan fingerprint density at radius 2 is 1.89 bits per heavy atom. The number of rotatable bonds is 3. The van der Waals surface area contributed by atoms with Crippen molar-refractivity contribution >= 4 is 17.6 Å². The van der Waals surface area contributed by atoms with Crippen LogP contribution >= 0.6 is 0 Å². The van der Waals surface area contributed by atoms with Gasteiger partial charge in [-0.3, -0.25) is 4.79 Å². The molecule has 0 unspecified atom stereocenters. The summed E-state index contributed by atoms with van der Waals surface area (Å²) in [5, 5.41) is 11.5. The lowest BCUT2D eigenvalue weighted by molar-refractivity contribution is -0.120. The molecule has 1 aliphatic rings. The molecule has 4 nitrogen and oxygen atoms in total. The van der Waals surface area contributed by atoms with Gasteiger partial charge < -0.3 is 10.4 Å². The number of aromatic carboxylic acids is 1. The van der Waals surface area contributed by atoms with Gasteiger partial charge in [-0.05, 0) is 31.0 Å². The van der Waals surface area contributed by atoms with Gasteiger partial charge in [0.1, 0.15) is 5.82 Å². The molecular formula is C14H16FNO3. The van der Waals surface area contributed by atoms with Gasteiger partial charge in [0.2, 0.25) is 5.91 Å². The van der Waals surface area contributed by atoms with Crippen LogP contribution in [0.2, 0.25) is 0 Å². The number of carboxylic acid groups (broad SMARTS) is 1. The summed E-state index contributed by atoms with van der Waals surface area (Å²) < 4.78 is 13.2. The zero-order valence-corrected chi connectivity index (χ0v) is 10.5. The molecule has 1 saturated carbocycles. The van der Waals surface area contributed by atoms with Crippen molar-refractivity contribution in [2.24, 2.45) is 5.92 Å². The molecule has 102 valence electrons. The highest BCUT2D eigenvalue weighted by Gasteiger charge is 2.22. The third-order valence-corrected chi connectivity index (χ3v) is 3.45. The Hall–Kier alpha value is -1.91. The molecule has 1 aliphatic carbocycles. The van der Waals surface area contributed by atoms with Crippen molar-refractivity contribution in [3.05, 3.63) is 29.6 Å². The number of benzene rings is 1. The van der Waals surface area contributed by atoms with Gasteiger partial charge in [0.05, 0.1) is 11.3 Å². The Morgan fingerprint density at radius 3 is 2.53 bits per heavy atom. The molecule has 0 saturated heterocycles. The molecule has 0 aromatic heterocycles. The molecule has 0 spiro atoms.